The number of nitrogens with zero attached hydrogens (tertiary/aromatic N) is 1. The van der Waals surface area contributed by atoms with E-state index in [2.05, 4.69) is 4.72 Å². The zero-order valence-corrected chi connectivity index (χ0v) is 14.7. The molecule has 2 heterocycles. The van der Waals surface area contributed by atoms with E-state index in [9.17, 15) is 17.6 Å². The summed E-state index contributed by atoms with van der Waals surface area (Å²) in [5.41, 5.74) is 0. The fourth-order valence-electron chi connectivity index (χ4n) is 2.73. The maximum absolute atomic E-state index is 13.1. The van der Waals surface area contributed by atoms with Crippen molar-refractivity contribution in [3.8, 4) is 0 Å². The highest BCUT2D eigenvalue weighted by Crippen LogP contribution is 2.23. The standard InChI is InChI=1S/C16H16ClFN2O4S/c17-13-10-11(18)3-4-15(13)25(22,23)19-12-5-7-20(8-6-12)16(21)14-2-1-9-24-14/h1-4,9-10,12,19H,5-8H2. The maximum atomic E-state index is 13.1. The minimum Gasteiger partial charge on any atom is -0.459 e. The molecule has 1 saturated heterocycles. The highest BCUT2D eigenvalue weighted by atomic mass is 35.5. The average Bonchev–Trinajstić information content (AvgIpc) is 3.08. The van der Waals surface area contributed by atoms with Gasteiger partial charge in [0, 0.05) is 19.1 Å². The first-order chi connectivity index (χ1) is 11.9. The van der Waals surface area contributed by atoms with Crippen LogP contribution in [0.1, 0.15) is 23.4 Å². The number of halogens is 2. The summed E-state index contributed by atoms with van der Waals surface area (Å²) < 4.78 is 45.6. The molecular formula is C16H16ClFN2O4S. The summed E-state index contributed by atoms with van der Waals surface area (Å²) >= 11 is 5.83. The van der Waals surface area contributed by atoms with Crippen LogP contribution in [0.3, 0.4) is 0 Å². The molecule has 1 aromatic carbocycles. The Kier molecular flexibility index (Phi) is 5.12. The van der Waals surface area contributed by atoms with E-state index in [0.717, 1.165) is 18.2 Å². The first-order valence-corrected chi connectivity index (χ1v) is 9.53. The normalized spacial score (nSPS) is 16.2. The summed E-state index contributed by atoms with van der Waals surface area (Å²) in [6.07, 6.45) is 2.36. The van der Waals surface area contributed by atoms with Crippen LogP contribution in [-0.2, 0) is 10.0 Å². The Bertz CT molecular complexity index is 862. The summed E-state index contributed by atoms with van der Waals surface area (Å²) in [4.78, 5) is 13.6. The van der Waals surface area contributed by atoms with Gasteiger partial charge in [0.1, 0.15) is 10.7 Å². The van der Waals surface area contributed by atoms with Crippen LogP contribution in [0.2, 0.25) is 5.02 Å². The summed E-state index contributed by atoms with van der Waals surface area (Å²) in [5, 5.41) is -0.169. The van der Waals surface area contributed by atoms with Crippen LogP contribution in [0.4, 0.5) is 4.39 Å². The van der Waals surface area contributed by atoms with E-state index in [1.807, 2.05) is 0 Å². The lowest BCUT2D eigenvalue weighted by Crippen LogP contribution is -2.46. The SMILES string of the molecule is O=C(c1ccco1)N1CCC(NS(=O)(=O)c2ccc(F)cc2Cl)CC1. The number of hydrogen-bond donors (Lipinski definition) is 1. The van der Waals surface area contributed by atoms with Gasteiger partial charge in [0.2, 0.25) is 10.0 Å². The molecule has 1 fully saturated rings. The van der Waals surface area contributed by atoms with E-state index in [4.69, 9.17) is 16.0 Å². The molecule has 0 saturated carbocycles. The van der Waals surface area contributed by atoms with Gasteiger partial charge in [0.25, 0.3) is 5.91 Å². The molecule has 25 heavy (non-hydrogen) atoms. The van der Waals surface area contributed by atoms with E-state index in [1.54, 1.807) is 17.0 Å². The topological polar surface area (TPSA) is 79.6 Å². The molecule has 0 aliphatic carbocycles. The third kappa shape index (κ3) is 4.02. The average molecular weight is 387 g/mol. The maximum Gasteiger partial charge on any atom is 0.289 e. The van der Waals surface area contributed by atoms with Crippen LogP contribution in [0, 0.1) is 5.82 Å². The fraction of sp³-hybridized carbons (Fsp3) is 0.312. The predicted molar refractivity (Wildman–Crippen MR) is 89.4 cm³/mol. The highest BCUT2D eigenvalue weighted by Gasteiger charge is 2.28. The Morgan fingerprint density at radius 3 is 2.60 bits per heavy atom. The number of amides is 1. The second kappa shape index (κ2) is 7.15. The van der Waals surface area contributed by atoms with Crippen LogP contribution in [-0.4, -0.2) is 38.4 Å². The molecule has 1 aromatic heterocycles. The molecule has 1 N–H and O–H groups in total. The van der Waals surface area contributed by atoms with Crippen molar-refractivity contribution in [2.75, 3.05) is 13.1 Å². The van der Waals surface area contributed by atoms with Crippen molar-refractivity contribution in [3.05, 3.63) is 53.2 Å². The van der Waals surface area contributed by atoms with Gasteiger partial charge in [-0.15, -0.1) is 0 Å². The van der Waals surface area contributed by atoms with Crippen LogP contribution >= 0.6 is 11.6 Å². The minimum absolute atomic E-state index is 0.162. The van der Waals surface area contributed by atoms with Crippen molar-refractivity contribution in [3.63, 3.8) is 0 Å². The van der Waals surface area contributed by atoms with Crippen LogP contribution < -0.4 is 4.72 Å². The zero-order valence-electron chi connectivity index (χ0n) is 13.1. The molecule has 1 aliphatic heterocycles. The van der Waals surface area contributed by atoms with E-state index in [0.29, 0.717) is 25.9 Å². The van der Waals surface area contributed by atoms with Crippen molar-refractivity contribution in [1.82, 2.24) is 9.62 Å². The molecule has 3 rings (SSSR count). The number of hydrogen-bond acceptors (Lipinski definition) is 4. The van der Waals surface area contributed by atoms with E-state index in [1.165, 1.54) is 6.26 Å². The molecule has 0 bridgehead atoms. The Hall–Kier alpha value is -1.90. The Morgan fingerprint density at radius 2 is 2.00 bits per heavy atom. The molecule has 1 amide bonds. The van der Waals surface area contributed by atoms with Gasteiger partial charge in [-0.2, -0.15) is 0 Å². The highest BCUT2D eigenvalue weighted by molar-refractivity contribution is 7.89. The van der Waals surface area contributed by atoms with Gasteiger partial charge >= 0.3 is 0 Å². The molecule has 0 radical (unpaired) electrons. The molecule has 9 heteroatoms. The summed E-state index contributed by atoms with van der Waals surface area (Å²) in [6.45, 7) is 0.813. The number of sulfonamides is 1. The van der Waals surface area contributed by atoms with Crippen molar-refractivity contribution < 1.29 is 22.0 Å². The van der Waals surface area contributed by atoms with Crippen molar-refractivity contribution in [2.45, 2.75) is 23.8 Å². The lowest BCUT2D eigenvalue weighted by molar-refractivity contribution is 0.0679. The second-order valence-corrected chi connectivity index (χ2v) is 7.83. The number of furan rings is 1. The number of carbonyl (C=O) groups excluding carboxylic acids is 1. The van der Waals surface area contributed by atoms with E-state index < -0.39 is 15.8 Å². The summed E-state index contributed by atoms with van der Waals surface area (Å²) in [7, 11) is -3.86. The van der Waals surface area contributed by atoms with E-state index in [-0.39, 0.29) is 27.6 Å². The molecule has 0 atom stereocenters. The van der Waals surface area contributed by atoms with Crippen LogP contribution in [0.5, 0.6) is 0 Å². The van der Waals surface area contributed by atoms with Crippen LogP contribution in [0.25, 0.3) is 0 Å². The van der Waals surface area contributed by atoms with Crippen LogP contribution in [0.15, 0.2) is 45.9 Å². The van der Waals surface area contributed by atoms with Gasteiger partial charge in [0.05, 0.1) is 11.3 Å². The second-order valence-electron chi connectivity index (χ2n) is 5.74. The zero-order chi connectivity index (χ0) is 18.0. The van der Waals surface area contributed by atoms with Crippen molar-refractivity contribution >= 4 is 27.5 Å². The van der Waals surface area contributed by atoms with Gasteiger partial charge in [-0.25, -0.2) is 17.5 Å². The van der Waals surface area contributed by atoms with Gasteiger partial charge in [-0.3, -0.25) is 4.79 Å². The first-order valence-electron chi connectivity index (χ1n) is 7.67. The Labute approximate surface area is 149 Å². The predicted octanol–water partition coefficient (Wildman–Crippen LogP) is 2.66. The number of carbonyl (C=O) groups is 1. The van der Waals surface area contributed by atoms with Gasteiger partial charge in [-0.05, 0) is 43.2 Å². The fourth-order valence-corrected chi connectivity index (χ4v) is 4.57. The number of benzene rings is 1. The molecule has 6 nitrogen and oxygen atoms in total. The molecule has 1 aliphatic rings. The van der Waals surface area contributed by atoms with Gasteiger partial charge < -0.3 is 9.32 Å². The third-order valence-corrected chi connectivity index (χ3v) is 6.02. The Morgan fingerprint density at radius 1 is 1.28 bits per heavy atom. The monoisotopic (exact) mass is 386 g/mol. The van der Waals surface area contributed by atoms with Gasteiger partial charge in [0.15, 0.2) is 5.76 Å². The van der Waals surface area contributed by atoms with E-state index >= 15 is 0 Å². The summed E-state index contributed by atoms with van der Waals surface area (Å²) in [5.74, 6) is -0.557. The quantitative estimate of drug-likeness (QED) is 0.876. The first kappa shape index (κ1) is 17.9. The molecule has 2 aromatic rings. The molecule has 0 unspecified atom stereocenters. The van der Waals surface area contributed by atoms with Crippen molar-refractivity contribution in [2.24, 2.45) is 0 Å². The van der Waals surface area contributed by atoms with Crippen molar-refractivity contribution in [1.29, 1.82) is 0 Å². The van der Waals surface area contributed by atoms with Gasteiger partial charge in [-0.1, -0.05) is 11.6 Å². The Balaban J connectivity index is 1.62. The molecule has 0 spiro atoms. The largest absolute Gasteiger partial charge is 0.459 e. The minimum atomic E-state index is -3.86. The number of piperidine rings is 1. The number of likely N-dealkylation sites (tertiary alicyclic amines) is 1. The molecular weight excluding hydrogens is 371 g/mol. The third-order valence-electron chi connectivity index (χ3n) is 4.02. The number of rotatable bonds is 4. The molecule has 134 valence electrons. The lowest BCUT2D eigenvalue weighted by atomic mass is 10.1. The lowest BCUT2D eigenvalue weighted by Gasteiger charge is -2.31. The number of nitrogens with one attached hydrogen (secondary N) is 1. The smallest absolute Gasteiger partial charge is 0.289 e. The summed E-state index contributed by atoms with van der Waals surface area (Å²) in [6, 6.07) is 6.04.